The van der Waals surface area contributed by atoms with Gasteiger partial charge in [0, 0.05) is 11.4 Å². The van der Waals surface area contributed by atoms with E-state index in [1.54, 1.807) is 0 Å². The topological polar surface area (TPSA) is 46.2 Å². The van der Waals surface area contributed by atoms with Crippen molar-refractivity contribution in [3.05, 3.63) is 58.7 Å². The Kier molecular flexibility index (Phi) is 7.11. The van der Waals surface area contributed by atoms with Gasteiger partial charge in [-0.2, -0.15) is 0 Å². The van der Waals surface area contributed by atoms with Gasteiger partial charge in [-0.25, -0.2) is 13.1 Å². The van der Waals surface area contributed by atoms with E-state index >= 15 is 0 Å². The first kappa shape index (κ1) is 20.0. The fourth-order valence-corrected chi connectivity index (χ4v) is 5.56. The zero-order valence-corrected chi connectivity index (χ0v) is 17.1. The first-order valence-corrected chi connectivity index (χ1v) is 11.0. The third-order valence-electron chi connectivity index (χ3n) is 4.09. The van der Waals surface area contributed by atoms with Gasteiger partial charge in [-0.15, -0.1) is 11.8 Å². The average molecular weight is 378 g/mol. The number of rotatable bonds is 8. The first-order chi connectivity index (χ1) is 11.8. The normalized spacial score (nSPS) is 11.7. The number of thioether (sulfide) groups is 1. The molecule has 2 rings (SSSR count). The fraction of sp³-hybridized carbons (Fsp3) is 0.400. The van der Waals surface area contributed by atoms with Gasteiger partial charge >= 0.3 is 0 Å². The molecule has 0 heterocycles. The van der Waals surface area contributed by atoms with E-state index in [0.29, 0.717) is 11.4 Å². The minimum atomic E-state index is -3.44. The lowest BCUT2D eigenvalue weighted by molar-refractivity contribution is 0.577. The number of aryl methyl sites for hydroxylation is 4. The van der Waals surface area contributed by atoms with Gasteiger partial charge in [-0.3, -0.25) is 0 Å². The lowest BCUT2D eigenvalue weighted by Crippen LogP contribution is -2.26. The molecular formula is C20H27NO2S2. The van der Waals surface area contributed by atoms with Crippen LogP contribution >= 0.6 is 11.8 Å². The van der Waals surface area contributed by atoms with Crippen LogP contribution in [0.4, 0.5) is 0 Å². The van der Waals surface area contributed by atoms with E-state index in [1.807, 2.05) is 50.7 Å². The number of unbranched alkanes of at least 4 members (excludes halogenated alkanes) is 1. The zero-order chi connectivity index (χ0) is 18.4. The molecule has 0 aliphatic carbocycles. The van der Waals surface area contributed by atoms with Gasteiger partial charge in [0.1, 0.15) is 0 Å². The molecule has 0 radical (unpaired) electrons. The van der Waals surface area contributed by atoms with Crippen molar-refractivity contribution in [2.24, 2.45) is 0 Å². The molecule has 0 saturated heterocycles. The molecule has 0 aliphatic rings. The minimum absolute atomic E-state index is 0.424. The van der Waals surface area contributed by atoms with Crippen LogP contribution in [0.25, 0.3) is 0 Å². The van der Waals surface area contributed by atoms with Gasteiger partial charge in [0.05, 0.1) is 4.90 Å². The highest BCUT2D eigenvalue weighted by Crippen LogP contribution is 2.23. The Labute approximate surface area is 156 Å². The van der Waals surface area contributed by atoms with Gasteiger partial charge in [-0.05, 0) is 69.0 Å². The summed E-state index contributed by atoms with van der Waals surface area (Å²) < 4.78 is 27.9. The third-order valence-corrected chi connectivity index (χ3v) is 7.12. The number of sulfonamides is 1. The molecule has 2 aromatic rings. The van der Waals surface area contributed by atoms with Crippen molar-refractivity contribution in [2.75, 3.05) is 12.3 Å². The van der Waals surface area contributed by atoms with Crippen molar-refractivity contribution in [3.8, 4) is 0 Å². The second-order valence-corrected chi connectivity index (χ2v) is 9.29. The molecule has 136 valence electrons. The Bertz CT molecular complexity index is 806. The van der Waals surface area contributed by atoms with Gasteiger partial charge < -0.3 is 0 Å². The molecule has 0 spiro atoms. The van der Waals surface area contributed by atoms with Crippen LogP contribution in [0.1, 0.15) is 35.1 Å². The van der Waals surface area contributed by atoms with Crippen LogP contribution in [0.5, 0.6) is 0 Å². The molecule has 2 aromatic carbocycles. The molecule has 0 saturated carbocycles. The fourth-order valence-electron chi connectivity index (χ4n) is 3.00. The van der Waals surface area contributed by atoms with Crippen LogP contribution in [0, 0.1) is 27.7 Å². The predicted molar refractivity (Wildman–Crippen MR) is 107 cm³/mol. The van der Waals surface area contributed by atoms with E-state index in [4.69, 9.17) is 0 Å². The smallest absolute Gasteiger partial charge is 0.211 e. The molecule has 0 aliphatic heterocycles. The van der Waals surface area contributed by atoms with Crippen LogP contribution < -0.4 is 4.72 Å². The van der Waals surface area contributed by atoms with Gasteiger partial charge in [0.2, 0.25) is 10.0 Å². The lowest BCUT2D eigenvalue weighted by Gasteiger charge is -2.13. The molecule has 0 fully saturated rings. The number of nitrogens with one attached hydrogen (secondary N) is 1. The summed E-state index contributed by atoms with van der Waals surface area (Å²) in [6, 6.07) is 12.2. The summed E-state index contributed by atoms with van der Waals surface area (Å²) in [7, 11) is -3.44. The maximum atomic E-state index is 12.6. The van der Waals surface area contributed by atoms with E-state index in [2.05, 4.69) is 29.8 Å². The molecule has 0 unspecified atom stereocenters. The highest BCUT2D eigenvalue weighted by Gasteiger charge is 2.19. The molecule has 0 amide bonds. The SMILES string of the molecule is Cc1cc(C)c(S(=O)(=O)NCCCCSc2ccccc2C)c(C)c1. The second-order valence-electron chi connectivity index (χ2n) is 6.45. The molecule has 0 atom stereocenters. The Hall–Kier alpha value is -1.30. The summed E-state index contributed by atoms with van der Waals surface area (Å²) in [6.07, 6.45) is 1.81. The quantitative estimate of drug-likeness (QED) is 0.532. The summed E-state index contributed by atoms with van der Waals surface area (Å²) in [6.45, 7) is 8.28. The van der Waals surface area contributed by atoms with Crippen molar-refractivity contribution in [3.63, 3.8) is 0 Å². The van der Waals surface area contributed by atoms with E-state index in [-0.39, 0.29) is 0 Å². The standard InChI is InChI=1S/C20H27NO2S2/c1-15-13-17(3)20(18(4)14-15)25(22,23)21-11-7-8-12-24-19-10-6-5-9-16(19)2/h5-6,9-10,13-14,21H,7-8,11-12H2,1-4H3. The van der Waals surface area contributed by atoms with E-state index in [1.165, 1.54) is 10.5 Å². The Morgan fingerprint density at radius 1 is 0.920 bits per heavy atom. The maximum absolute atomic E-state index is 12.6. The Morgan fingerprint density at radius 3 is 2.20 bits per heavy atom. The largest absolute Gasteiger partial charge is 0.241 e. The van der Waals surface area contributed by atoms with Crippen LogP contribution in [0.2, 0.25) is 0 Å². The maximum Gasteiger partial charge on any atom is 0.241 e. The zero-order valence-electron chi connectivity index (χ0n) is 15.4. The van der Waals surface area contributed by atoms with Gasteiger partial charge in [-0.1, -0.05) is 35.9 Å². The van der Waals surface area contributed by atoms with Gasteiger partial charge in [0.25, 0.3) is 0 Å². The van der Waals surface area contributed by atoms with Gasteiger partial charge in [0.15, 0.2) is 0 Å². The van der Waals surface area contributed by atoms with Crippen LogP contribution in [-0.2, 0) is 10.0 Å². The lowest BCUT2D eigenvalue weighted by atomic mass is 10.1. The molecule has 1 N–H and O–H groups in total. The van der Waals surface area contributed by atoms with E-state index in [9.17, 15) is 8.42 Å². The minimum Gasteiger partial charge on any atom is -0.211 e. The van der Waals surface area contributed by atoms with Crippen molar-refractivity contribution in [1.29, 1.82) is 0 Å². The van der Waals surface area contributed by atoms with E-state index in [0.717, 1.165) is 35.3 Å². The van der Waals surface area contributed by atoms with Crippen molar-refractivity contribution < 1.29 is 8.42 Å². The predicted octanol–water partition coefficient (Wildman–Crippen LogP) is 4.77. The molecule has 0 bridgehead atoms. The van der Waals surface area contributed by atoms with Crippen molar-refractivity contribution in [1.82, 2.24) is 4.72 Å². The molecule has 25 heavy (non-hydrogen) atoms. The number of hydrogen-bond donors (Lipinski definition) is 1. The van der Waals surface area contributed by atoms with Crippen LogP contribution in [-0.4, -0.2) is 20.7 Å². The summed E-state index contributed by atoms with van der Waals surface area (Å²) in [5.41, 5.74) is 3.99. The first-order valence-electron chi connectivity index (χ1n) is 8.57. The average Bonchev–Trinajstić information content (AvgIpc) is 2.51. The number of benzene rings is 2. The van der Waals surface area contributed by atoms with E-state index < -0.39 is 10.0 Å². The monoisotopic (exact) mass is 377 g/mol. The second kappa shape index (κ2) is 8.88. The summed E-state index contributed by atoms with van der Waals surface area (Å²) in [4.78, 5) is 1.72. The van der Waals surface area contributed by atoms with Crippen molar-refractivity contribution >= 4 is 21.8 Å². The van der Waals surface area contributed by atoms with Crippen LogP contribution in [0.3, 0.4) is 0 Å². The number of hydrogen-bond acceptors (Lipinski definition) is 3. The van der Waals surface area contributed by atoms with Crippen molar-refractivity contribution in [2.45, 2.75) is 50.3 Å². The summed E-state index contributed by atoms with van der Waals surface area (Å²) >= 11 is 1.83. The highest BCUT2D eigenvalue weighted by molar-refractivity contribution is 7.99. The summed E-state index contributed by atoms with van der Waals surface area (Å²) in [5, 5.41) is 0. The molecular weight excluding hydrogens is 350 g/mol. The molecule has 5 heteroatoms. The third kappa shape index (κ3) is 5.59. The molecule has 0 aromatic heterocycles. The summed E-state index contributed by atoms with van der Waals surface area (Å²) in [5.74, 6) is 0.995. The highest BCUT2D eigenvalue weighted by atomic mass is 32.2. The Morgan fingerprint density at radius 2 is 1.56 bits per heavy atom. The van der Waals surface area contributed by atoms with Crippen LogP contribution in [0.15, 0.2) is 46.2 Å². The molecule has 3 nitrogen and oxygen atoms in total. The Balaban J connectivity index is 1.82.